The van der Waals surface area contributed by atoms with E-state index in [2.05, 4.69) is 60.6 Å². The van der Waals surface area contributed by atoms with Gasteiger partial charge in [0.15, 0.2) is 5.96 Å². The molecule has 23 heavy (non-hydrogen) atoms. The minimum atomic E-state index is 0. The lowest BCUT2D eigenvalue weighted by Gasteiger charge is -2.25. The third-order valence-electron chi connectivity index (χ3n) is 4.29. The Hall–Kier alpha value is -0.340. The third-order valence-corrected chi connectivity index (χ3v) is 5.23. The Bertz CT molecular complexity index is 459. The highest BCUT2D eigenvalue weighted by atomic mass is 127. The molecule has 1 aliphatic carbocycles. The molecule has 2 rings (SSSR count). The summed E-state index contributed by atoms with van der Waals surface area (Å²) in [5, 5.41) is 5.56. The molecule has 1 heterocycles. The second kappa shape index (κ2) is 10.5. The van der Waals surface area contributed by atoms with Crippen LogP contribution in [0, 0.1) is 0 Å². The fraction of sp³-hybridized carbons (Fsp3) is 0.706. The van der Waals surface area contributed by atoms with Crippen LogP contribution in [0.4, 0.5) is 0 Å². The standard InChI is InChI=1S/C17H30N4S.HI/c1-5-18-17(19-13-14(2)21(4)15-8-9-15)20(3)11-10-16-7-6-12-22-16;/h6-7,12,14-15H,5,8-11,13H2,1-4H3,(H,18,19);1H. The number of likely N-dealkylation sites (N-methyl/N-ethyl adjacent to an activating group) is 2. The topological polar surface area (TPSA) is 30.9 Å². The van der Waals surface area contributed by atoms with E-state index >= 15 is 0 Å². The van der Waals surface area contributed by atoms with E-state index in [9.17, 15) is 0 Å². The number of nitrogens with one attached hydrogen (secondary N) is 1. The van der Waals surface area contributed by atoms with Crippen LogP contribution in [-0.4, -0.2) is 61.6 Å². The van der Waals surface area contributed by atoms with Crippen molar-refractivity contribution in [1.82, 2.24) is 15.1 Å². The zero-order valence-electron chi connectivity index (χ0n) is 14.8. The van der Waals surface area contributed by atoms with Gasteiger partial charge in [0, 0.05) is 37.1 Å². The minimum Gasteiger partial charge on any atom is -0.357 e. The quantitative estimate of drug-likeness (QED) is 0.375. The van der Waals surface area contributed by atoms with Crippen LogP contribution >= 0.6 is 35.3 Å². The molecule has 0 aliphatic heterocycles. The maximum Gasteiger partial charge on any atom is 0.193 e. The molecular weight excluding hydrogens is 419 g/mol. The van der Waals surface area contributed by atoms with Crippen molar-refractivity contribution < 1.29 is 0 Å². The van der Waals surface area contributed by atoms with Crippen LogP contribution in [0.3, 0.4) is 0 Å². The number of aliphatic imine (C=N–C) groups is 1. The fourth-order valence-corrected chi connectivity index (χ4v) is 3.20. The van der Waals surface area contributed by atoms with Crippen LogP contribution in [0.5, 0.6) is 0 Å². The van der Waals surface area contributed by atoms with Crippen LogP contribution in [-0.2, 0) is 6.42 Å². The Morgan fingerprint density at radius 1 is 1.43 bits per heavy atom. The summed E-state index contributed by atoms with van der Waals surface area (Å²) in [6.45, 7) is 7.17. The van der Waals surface area contributed by atoms with Crippen molar-refractivity contribution in [1.29, 1.82) is 0 Å². The molecule has 1 fully saturated rings. The van der Waals surface area contributed by atoms with Gasteiger partial charge in [-0.1, -0.05) is 6.07 Å². The predicted molar refractivity (Wildman–Crippen MR) is 112 cm³/mol. The van der Waals surface area contributed by atoms with E-state index < -0.39 is 0 Å². The van der Waals surface area contributed by atoms with Gasteiger partial charge in [0.05, 0.1) is 6.54 Å². The van der Waals surface area contributed by atoms with Crippen molar-refractivity contribution in [2.75, 3.05) is 33.7 Å². The first kappa shape index (κ1) is 20.7. The van der Waals surface area contributed by atoms with Gasteiger partial charge in [-0.3, -0.25) is 9.89 Å². The van der Waals surface area contributed by atoms with Crippen molar-refractivity contribution in [3.05, 3.63) is 22.4 Å². The first-order valence-corrected chi connectivity index (χ1v) is 9.23. The fourth-order valence-electron chi connectivity index (χ4n) is 2.50. The van der Waals surface area contributed by atoms with Crippen LogP contribution in [0.2, 0.25) is 0 Å². The van der Waals surface area contributed by atoms with Crippen LogP contribution in [0.15, 0.2) is 22.5 Å². The highest BCUT2D eigenvalue weighted by molar-refractivity contribution is 14.0. The number of thiophene rings is 1. The molecule has 0 saturated heterocycles. The summed E-state index contributed by atoms with van der Waals surface area (Å²) in [5.74, 6) is 1.02. The molecular formula is C17H31IN4S. The first-order valence-electron chi connectivity index (χ1n) is 8.35. The Labute approximate surface area is 162 Å². The highest BCUT2D eigenvalue weighted by Gasteiger charge is 2.28. The molecule has 4 nitrogen and oxygen atoms in total. The maximum absolute atomic E-state index is 4.84. The van der Waals surface area contributed by atoms with Gasteiger partial charge in [-0.15, -0.1) is 35.3 Å². The third kappa shape index (κ3) is 6.97. The smallest absolute Gasteiger partial charge is 0.193 e. The van der Waals surface area contributed by atoms with Crippen LogP contribution in [0.25, 0.3) is 0 Å². The van der Waals surface area contributed by atoms with E-state index in [0.29, 0.717) is 6.04 Å². The summed E-state index contributed by atoms with van der Waals surface area (Å²) in [4.78, 5) is 11.0. The molecule has 0 bridgehead atoms. The average Bonchev–Trinajstić information content (AvgIpc) is 3.24. The monoisotopic (exact) mass is 450 g/mol. The molecule has 1 aromatic heterocycles. The molecule has 1 unspecified atom stereocenters. The van der Waals surface area contributed by atoms with Gasteiger partial charge in [-0.25, -0.2) is 0 Å². The van der Waals surface area contributed by atoms with E-state index in [4.69, 9.17) is 4.99 Å². The van der Waals surface area contributed by atoms with E-state index in [0.717, 1.165) is 38.1 Å². The summed E-state index contributed by atoms with van der Waals surface area (Å²) in [6.07, 6.45) is 3.78. The largest absolute Gasteiger partial charge is 0.357 e. The number of hydrogen-bond donors (Lipinski definition) is 1. The Kier molecular flexibility index (Phi) is 9.46. The van der Waals surface area contributed by atoms with E-state index in [1.54, 1.807) is 0 Å². The Morgan fingerprint density at radius 2 is 2.17 bits per heavy atom. The van der Waals surface area contributed by atoms with Crippen molar-refractivity contribution in [2.45, 2.75) is 45.2 Å². The second-order valence-corrected chi connectivity index (χ2v) is 7.22. The number of rotatable bonds is 8. The summed E-state index contributed by atoms with van der Waals surface area (Å²) in [6, 6.07) is 5.63. The molecule has 1 atom stereocenters. The summed E-state index contributed by atoms with van der Waals surface area (Å²) >= 11 is 1.83. The summed E-state index contributed by atoms with van der Waals surface area (Å²) < 4.78 is 0. The first-order chi connectivity index (χ1) is 10.6. The van der Waals surface area contributed by atoms with Crippen molar-refractivity contribution in [3.8, 4) is 0 Å². The Balaban J connectivity index is 0.00000264. The lowest BCUT2D eigenvalue weighted by atomic mass is 10.3. The molecule has 1 N–H and O–H groups in total. The maximum atomic E-state index is 4.84. The van der Waals surface area contributed by atoms with Gasteiger partial charge in [0.2, 0.25) is 0 Å². The van der Waals surface area contributed by atoms with Gasteiger partial charge in [0.1, 0.15) is 0 Å². The van der Waals surface area contributed by atoms with Crippen molar-refractivity contribution in [3.63, 3.8) is 0 Å². The van der Waals surface area contributed by atoms with Gasteiger partial charge >= 0.3 is 0 Å². The van der Waals surface area contributed by atoms with Gasteiger partial charge in [-0.05, 0) is 51.6 Å². The zero-order valence-corrected chi connectivity index (χ0v) is 17.9. The number of nitrogens with zero attached hydrogens (tertiary/aromatic N) is 3. The molecule has 132 valence electrons. The number of hydrogen-bond acceptors (Lipinski definition) is 3. The number of guanidine groups is 1. The van der Waals surface area contributed by atoms with Crippen molar-refractivity contribution in [2.24, 2.45) is 4.99 Å². The Morgan fingerprint density at radius 3 is 2.74 bits per heavy atom. The lowest BCUT2D eigenvalue weighted by Crippen LogP contribution is -2.41. The minimum absolute atomic E-state index is 0. The second-order valence-electron chi connectivity index (χ2n) is 6.19. The molecule has 0 amide bonds. The van der Waals surface area contributed by atoms with Gasteiger partial charge < -0.3 is 10.2 Å². The van der Waals surface area contributed by atoms with E-state index in [1.165, 1.54) is 17.7 Å². The molecule has 0 aromatic carbocycles. The van der Waals surface area contributed by atoms with E-state index in [-0.39, 0.29) is 24.0 Å². The zero-order chi connectivity index (χ0) is 15.9. The highest BCUT2D eigenvalue weighted by Crippen LogP contribution is 2.26. The van der Waals surface area contributed by atoms with Gasteiger partial charge in [0.25, 0.3) is 0 Å². The van der Waals surface area contributed by atoms with Crippen LogP contribution in [0.1, 0.15) is 31.6 Å². The van der Waals surface area contributed by atoms with Crippen molar-refractivity contribution >= 4 is 41.3 Å². The van der Waals surface area contributed by atoms with Crippen LogP contribution < -0.4 is 5.32 Å². The molecule has 6 heteroatoms. The van der Waals surface area contributed by atoms with E-state index in [1.807, 2.05) is 11.3 Å². The summed E-state index contributed by atoms with van der Waals surface area (Å²) in [7, 11) is 4.36. The molecule has 0 radical (unpaired) electrons. The number of halogens is 1. The molecule has 1 aliphatic rings. The SMILES string of the molecule is CCNC(=NCC(C)N(C)C1CC1)N(C)CCc1cccs1.I. The van der Waals surface area contributed by atoms with Gasteiger partial charge in [-0.2, -0.15) is 0 Å². The predicted octanol–water partition coefficient (Wildman–Crippen LogP) is 3.29. The summed E-state index contributed by atoms with van der Waals surface area (Å²) in [5.41, 5.74) is 0. The molecule has 0 spiro atoms. The molecule has 1 saturated carbocycles. The molecule has 1 aromatic rings. The normalized spacial score (nSPS) is 16.1. The average molecular weight is 450 g/mol. The lowest BCUT2D eigenvalue weighted by molar-refractivity contribution is 0.252.